The van der Waals surface area contributed by atoms with Gasteiger partial charge in [0.2, 0.25) is 0 Å². The molecule has 1 saturated heterocycles. The van der Waals surface area contributed by atoms with Gasteiger partial charge in [-0.25, -0.2) is 0 Å². The molecule has 7 heteroatoms. The number of anilines is 2. The van der Waals surface area contributed by atoms with Crippen molar-refractivity contribution in [3.63, 3.8) is 0 Å². The van der Waals surface area contributed by atoms with Gasteiger partial charge in [-0.1, -0.05) is 12.1 Å². The molecule has 6 nitrogen and oxygen atoms in total. The molecule has 2 atom stereocenters. The molecule has 1 fully saturated rings. The number of aryl methyl sites for hydroxylation is 1. The van der Waals surface area contributed by atoms with Crippen LogP contribution >= 0.6 is 12.2 Å². The summed E-state index contributed by atoms with van der Waals surface area (Å²) in [5, 5.41) is 4.27. The summed E-state index contributed by atoms with van der Waals surface area (Å²) in [5.74, 6) is 0.833. The van der Waals surface area contributed by atoms with E-state index in [-0.39, 0.29) is 12.1 Å². The van der Waals surface area contributed by atoms with Gasteiger partial charge >= 0.3 is 0 Å². The molecule has 5 rings (SSSR count). The second kappa shape index (κ2) is 9.66. The zero-order valence-corrected chi connectivity index (χ0v) is 22.1. The van der Waals surface area contributed by atoms with Crippen molar-refractivity contribution in [3.05, 3.63) is 102 Å². The highest BCUT2D eigenvalue weighted by Crippen LogP contribution is 2.44. The minimum Gasteiger partial charge on any atom is -0.497 e. The molecule has 0 unspecified atom stereocenters. The maximum atomic E-state index is 5.92. The lowest BCUT2D eigenvalue weighted by molar-refractivity contribution is 0.414. The molecule has 3 heterocycles. The van der Waals surface area contributed by atoms with E-state index in [1.165, 1.54) is 5.56 Å². The van der Waals surface area contributed by atoms with Crippen LogP contribution in [0.4, 0.5) is 11.4 Å². The number of ether oxygens (including phenoxy) is 1. The first-order valence-corrected chi connectivity index (χ1v) is 12.4. The maximum Gasteiger partial charge on any atom is 0.174 e. The van der Waals surface area contributed by atoms with E-state index >= 15 is 0 Å². The number of hydrogen-bond donors (Lipinski definition) is 1. The number of nitrogens with one attached hydrogen (secondary N) is 1. The number of nitrogens with zero attached hydrogens (tertiary/aromatic N) is 4. The third-order valence-corrected chi connectivity index (χ3v) is 7.16. The largest absolute Gasteiger partial charge is 0.497 e. The zero-order chi connectivity index (χ0) is 25.4. The Morgan fingerprint density at radius 2 is 1.72 bits per heavy atom. The van der Waals surface area contributed by atoms with E-state index in [0.29, 0.717) is 5.11 Å². The Morgan fingerprint density at radius 1 is 0.944 bits per heavy atom. The summed E-state index contributed by atoms with van der Waals surface area (Å²) < 4.78 is 7.77. The van der Waals surface area contributed by atoms with E-state index in [4.69, 9.17) is 21.9 Å². The Balaban J connectivity index is 1.65. The van der Waals surface area contributed by atoms with Crippen molar-refractivity contribution >= 4 is 28.7 Å². The molecule has 1 N–H and O–H groups in total. The van der Waals surface area contributed by atoms with E-state index in [1.54, 1.807) is 7.11 Å². The van der Waals surface area contributed by atoms with Gasteiger partial charge in [-0.3, -0.25) is 4.98 Å². The molecule has 0 spiro atoms. The smallest absolute Gasteiger partial charge is 0.174 e. The van der Waals surface area contributed by atoms with Gasteiger partial charge in [0.15, 0.2) is 5.11 Å². The number of thiocarbonyl (C=S) groups is 1. The molecule has 0 saturated carbocycles. The molecule has 184 valence electrons. The number of methoxy groups -OCH3 is 1. The van der Waals surface area contributed by atoms with Crippen LogP contribution in [0.3, 0.4) is 0 Å². The van der Waals surface area contributed by atoms with Gasteiger partial charge in [0.1, 0.15) is 5.75 Å². The van der Waals surface area contributed by atoms with E-state index < -0.39 is 0 Å². The van der Waals surface area contributed by atoms with Crippen LogP contribution in [0.15, 0.2) is 79.0 Å². The van der Waals surface area contributed by atoms with Crippen LogP contribution in [0.5, 0.6) is 5.75 Å². The average molecular weight is 498 g/mol. The zero-order valence-electron chi connectivity index (χ0n) is 21.3. The van der Waals surface area contributed by atoms with Crippen molar-refractivity contribution in [3.8, 4) is 11.4 Å². The molecular weight excluding hydrogens is 466 g/mol. The second-order valence-electron chi connectivity index (χ2n) is 9.27. The number of aromatic nitrogens is 2. The fraction of sp³-hybridized carbons (Fsp3) is 0.241. The lowest BCUT2D eigenvalue weighted by Gasteiger charge is -2.28. The monoisotopic (exact) mass is 497 g/mol. The number of pyridine rings is 1. The van der Waals surface area contributed by atoms with Gasteiger partial charge in [0.05, 0.1) is 24.9 Å². The first-order valence-electron chi connectivity index (χ1n) is 12.0. The van der Waals surface area contributed by atoms with Crippen LogP contribution in [0.25, 0.3) is 5.69 Å². The second-order valence-corrected chi connectivity index (χ2v) is 9.66. The number of hydrogen-bond acceptors (Lipinski definition) is 4. The predicted octanol–water partition coefficient (Wildman–Crippen LogP) is 5.74. The van der Waals surface area contributed by atoms with Crippen molar-refractivity contribution in [2.24, 2.45) is 0 Å². The maximum absolute atomic E-state index is 5.92. The molecule has 0 amide bonds. The van der Waals surface area contributed by atoms with Gasteiger partial charge in [-0.05, 0) is 86.2 Å². The molecule has 2 aromatic carbocycles. The van der Waals surface area contributed by atoms with Crippen molar-refractivity contribution in [1.82, 2.24) is 14.9 Å². The summed E-state index contributed by atoms with van der Waals surface area (Å²) in [6, 6.07) is 24.8. The van der Waals surface area contributed by atoms with Crippen molar-refractivity contribution < 1.29 is 4.74 Å². The molecule has 1 aliphatic heterocycles. The van der Waals surface area contributed by atoms with E-state index in [9.17, 15) is 0 Å². The van der Waals surface area contributed by atoms with E-state index in [0.717, 1.165) is 39.9 Å². The van der Waals surface area contributed by atoms with Crippen LogP contribution in [-0.4, -0.2) is 35.9 Å². The van der Waals surface area contributed by atoms with Crippen LogP contribution in [0.2, 0.25) is 0 Å². The minimum absolute atomic E-state index is 0.0665. The van der Waals surface area contributed by atoms with Gasteiger partial charge in [0.25, 0.3) is 0 Å². The van der Waals surface area contributed by atoms with Gasteiger partial charge < -0.3 is 24.4 Å². The molecule has 1 aliphatic rings. The SMILES string of the molecule is COc1cccc(-n2c(C)cc([C@H]3[C@H](c4ccccn4)NC(=S)N3c3ccc(N(C)C)cc3)c2C)c1. The predicted molar refractivity (Wildman–Crippen MR) is 150 cm³/mol. The molecule has 0 aliphatic carbocycles. The Kier molecular flexibility index (Phi) is 6.41. The summed E-state index contributed by atoms with van der Waals surface area (Å²) in [7, 11) is 5.79. The highest BCUT2D eigenvalue weighted by molar-refractivity contribution is 7.80. The van der Waals surface area contributed by atoms with Crippen molar-refractivity contribution in [2.45, 2.75) is 25.9 Å². The van der Waals surface area contributed by atoms with Crippen molar-refractivity contribution in [2.75, 3.05) is 31.0 Å². The third-order valence-electron chi connectivity index (χ3n) is 6.84. The van der Waals surface area contributed by atoms with E-state index in [2.05, 4.69) is 82.1 Å². The quantitative estimate of drug-likeness (QED) is 0.343. The molecule has 36 heavy (non-hydrogen) atoms. The summed E-state index contributed by atoms with van der Waals surface area (Å²) in [5.41, 5.74) is 7.74. The molecule has 0 bridgehead atoms. The first-order chi connectivity index (χ1) is 17.4. The summed E-state index contributed by atoms with van der Waals surface area (Å²) in [6.07, 6.45) is 1.84. The summed E-state index contributed by atoms with van der Waals surface area (Å²) in [4.78, 5) is 9.02. The summed E-state index contributed by atoms with van der Waals surface area (Å²) >= 11 is 5.92. The highest BCUT2D eigenvalue weighted by atomic mass is 32.1. The third kappa shape index (κ3) is 4.20. The summed E-state index contributed by atoms with van der Waals surface area (Å²) in [6.45, 7) is 4.31. The van der Waals surface area contributed by atoms with Gasteiger partial charge in [0, 0.05) is 54.8 Å². The minimum atomic E-state index is -0.0912. The standard InChI is InChI=1S/C29H31N5OS/c1-19-17-25(20(2)33(19)23-9-8-10-24(18-23)35-5)28-27(26-11-6-7-16-30-26)31-29(36)34(28)22-14-12-21(13-15-22)32(3)4/h6-18,27-28H,1-5H3,(H,31,36)/t27-,28-/m0/s1. The van der Waals surface area contributed by atoms with Crippen LogP contribution < -0.4 is 19.9 Å². The highest BCUT2D eigenvalue weighted by Gasteiger charge is 2.42. The van der Waals surface area contributed by atoms with Crippen molar-refractivity contribution in [1.29, 1.82) is 0 Å². The van der Waals surface area contributed by atoms with Gasteiger partial charge in [-0.15, -0.1) is 0 Å². The molecule has 2 aromatic heterocycles. The van der Waals surface area contributed by atoms with Gasteiger partial charge in [-0.2, -0.15) is 0 Å². The lowest BCUT2D eigenvalue weighted by atomic mass is 9.96. The Morgan fingerprint density at radius 3 is 2.39 bits per heavy atom. The molecule has 0 radical (unpaired) electrons. The topological polar surface area (TPSA) is 45.6 Å². The first kappa shape index (κ1) is 23.9. The fourth-order valence-electron chi connectivity index (χ4n) is 5.09. The fourth-order valence-corrected chi connectivity index (χ4v) is 5.44. The Labute approximate surface area is 218 Å². The van der Waals surface area contributed by atoms with E-state index in [1.807, 2.05) is 44.6 Å². The lowest BCUT2D eigenvalue weighted by Crippen LogP contribution is -2.29. The number of benzene rings is 2. The van der Waals surface area contributed by atoms with Crippen LogP contribution in [-0.2, 0) is 0 Å². The normalized spacial score (nSPS) is 17.2. The van der Waals surface area contributed by atoms with Crippen LogP contribution in [0, 0.1) is 13.8 Å². The Hall–Kier alpha value is -3.84. The number of rotatable bonds is 6. The van der Waals surface area contributed by atoms with Crippen LogP contribution in [0.1, 0.15) is 34.7 Å². The molecule has 4 aromatic rings. The molecular formula is C29H31N5OS. The average Bonchev–Trinajstić information content (AvgIpc) is 3.39. The Bertz CT molecular complexity index is 1380.